The van der Waals surface area contributed by atoms with Gasteiger partial charge in [-0.2, -0.15) is 0 Å². The van der Waals surface area contributed by atoms with E-state index in [1.807, 2.05) is 31.2 Å². The van der Waals surface area contributed by atoms with Crippen molar-refractivity contribution in [2.45, 2.75) is 19.4 Å². The summed E-state index contributed by atoms with van der Waals surface area (Å²) in [6.45, 7) is 6.98. The van der Waals surface area contributed by atoms with Gasteiger partial charge >= 0.3 is 0 Å². The van der Waals surface area contributed by atoms with Gasteiger partial charge in [-0.05, 0) is 42.7 Å². The molecule has 1 atom stereocenters. The number of anilines is 1. The molecule has 0 spiro atoms. The van der Waals surface area contributed by atoms with E-state index in [1.54, 1.807) is 0 Å². The van der Waals surface area contributed by atoms with E-state index in [-0.39, 0.29) is 11.9 Å². The Morgan fingerprint density at radius 2 is 1.86 bits per heavy atom. The first-order valence-electron chi connectivity index (χ1n) is 10.1. The van der Waals surface area contributed by atoms with Crippen LogP contribution in [0.3, 0.4) is 0 Å². The first-order valence-corrected chi connectivity index (χ1v) is 10.1. The average Bonchev–Trinajstić information content (AvgIpc) is 3.10. The summed E-state index contributed by atoms with van der Waals surface area (Å²) < 4.78 is 5.54. The molecule has 0 bridgehead atoms. The van der Waals surface area contributed by atoms with Gasteiger partial charge in [0.2, 0.25) is 0 Å². The standard InChI is InChI=1S/C23H29N3O2/c1-17-3-5-18(6-4-17)23(27)24-16-22(26-11-13-28-14-12-26)19-7-8-21-20(15-19)9-10-25(21)2/h3-8,15,22H,9-14,16H2,1-2H3,(H,24,27). The Labute approximate surface area is 167 Å². The van der Waals surface area contributed by atoms with E-state index in [1.165, 1.54) is 16.8 Å². The summed E-state index contributed by atoms with van der Waals surface area (Å²) in [6.07, 6.45) is 1.09. The summed E-state index contributed by atoms with van der Waals surface area (Å²) >= 11 is 0. The minimum absolute atomic E-state index is 0.0147. The highest BCUT2D eigenvalue weighted by atomic mass is 16.5. The molecule has 2 aromatic carbocycles. The van der Waals surface area contributed by atoms with Crippen LogP contribution in [0.4, 0.5) is 5.69 Å². The van der Waals surface area contributed by atoms with Gasteiger partial charge in [-0.1, -0.05) is 29.8 Å². The molecule has 5 nitrogen and oxygen atoms in total. The molecule has 28 heavy (non-hydrogen) atoms. The third kappa shape index (κ3) is 4.05. The summed E-state index contributed by atoms with van der Waals surface area (Å²) in [5.74, 6) is -0.0147. The van der Waals surface area contributed by atoms with Gasteiger partial charge in [0.1, 0.15) is 0 Å². The van der Waals surface area contributed by atoms with E-state index >= 15 is 0 Å². The van der Waals surface area contributed by atoms with Crippen LogP contribution in [0.5, 0.6) is 0 Å². The number of rotatable bonds is 5. The summed E-state index contributed by atoms with van der Waals surface area (Å²) in [6, 6.07) is 14.7. The quantitative estimate of drug-likeness (QED) is 0.868. The van der Waals surface area contributed by atoms with Crippen molar-refractivity contribution in [2.24, 2.45) is 0 Å². The number of fused-ring (bicyclic) bond motifs is 1. The van der Waals surface area contributed by atoms with Crippen LogP contribution in [0.2, 0.25) is 0 Å². The second-order valence-electron chi connectivity index (χ2n) is 7.80. The highest BCUT2D eigenvalue weighted by molar-refractivity contribution is 5.94. The number of nitrogens with one attached hydrogen (secondary N) is 1. The Bertz CT molecular complexity index is 828. The maximum Gasteiger partial charge on any atom is 0.251 e. The van der Waals surface area contributed by atoms with Gasteiger partial charge in [0, 0.05) is 44.5 Å². The maximum absolute atomic E-state index is 12.6. The summed E-state index contributed by atoms with van der Waals surface area (Å²) in [7, 11) is 2.15. The molecular formula is C23H29N3O2. The van der Waals surface area contributed by atoms with Crippen molar-refractivity contribution in [1.29, 1.82) is 0 Å². The van der Waals surface area contributed by atoms with E-state index in [0.717, 1.165) is 44.8 Å². The molecule has 0 radical (unpaired) electrons. The van der Waals surface area contributed by atoms with Crippen molar-refractivity contribution in [3.05, 3.63) is 64.7 Å². The van der Waals surface area contributed by atoms with Crippen molar-refractivity contribution in [1.82, 2.24) is 10.2 Å². The highest BCUT2D eigenvalue weighted by Gasteiger charge is 2.25. The lowest BCUT2D eigenvalue weighted by atomic mass is 10.00. The Morgan fingerprint density at radius 3 is 2.61 bits per heavy atom. The van der Waals surface area contributed by atoms with Gasteiger partial charge in [-0.15, -0.1) is 0 Å². The number of aryl methyl sites for hydroxylation is 1. The van der Waals surface area contributed by atoms with E-state index in [0.29, 0.717) is 12.1 Å². The predicted octanol–water partition coefficient (Wildman–Crippen LogP) is 2.79. The van der Waals surface area contributed by atoms with Crippen LogP contribution in [0.25, 0.3) is 0 Å². The van der Waals surface area contributed by atoms with Crippen molar-refractivity contribution < 1.29 is 9.53 Å². The Hall–Kier alpha value is -2.37. The van der Waals surface area contributed by atoms with Gasteiger partial charge in [0.15, 0.2) is 0 Å². The fourth-order valence-corrected chi connectivity index (χ4v) is 4.14. The number of hydrogen-bond donors (Lipinski definition) is 1. The molecule has 1 N–H and O–H groups in total. The molecule has 5 heteroatoms. The molecule has 1 fully saturated rings. The largest absolute Gasteiger partial charge is 0.379 e. The van der Waals surface area contributed by atoms with Crippen LogP contribution in [0.1, 0.15) is 33.1 Å². The van der Waals surface area contributed by atoms with E-state index < -0.39 is 0 Å². The number of hydrogen-bond acceptors (Lipinski definition) is 4. The number of carbonyl (C=O) groups excluding carboxylic acids is 1. The predicted molar refractivity (Wildman–Crippen MR) is 112 cm³/mol. The summed E-state index contributed by atoms with van der Waals surface area (Å²) in [5.41, 5.74) is 5.88. The number of carbonyl (C=O) groups is 1. The number of ether oxygens (including phenoxy) is 1. The molecule has 4 rings (SSSR count). The highest BCUT2D eigenvalue weighted by Crippen LogP contribution is 2.31. The fourth-order valence-electron chi connectivity index (χ4n) is 4.14. The van der Waals surface area contributed by atoms with E-state index in [9.17, 15) is 4.79 Å². The number of benzene rings is 2. The number of amides is 1. The van der Waals surface area contributed by atoms with Gasteiger partial charge < -0.3 is 15.0 Å². The Morgan fingerprint density at radius 1 is 1.11 bits per heavy atom. The van der Waals surface area contributed by atoms with Crippen molar-refractivity contribution >= 4 is 11.6 Å². The summed E-state index contributed by atoms with van der Waals surface area (Å²) in [4.78, 5) is 17.4. The normalized spacial score (nSPS) is 18.0. The molecule has 0 aromatic heterocycles. The molecule has 2 aliphatic heterocycles. The second kappa shape index (κ2) is 8.33. The molecular weight excluding hydrogens is 350 g/mol. The zero-order valence-electron chi connectivity index (χ0n) is 16.8. The summed E-state index contributed by atoms with van der Waals surface area (Å²) in [5, 5.41) is 3.16. The van der Waals surface area contributed by atoms with Crippen LogP contribution >= 0.6 is 0 Å². The third-order valence-corrected chi connectivity index (χ3v) is 5.87. The Balaban J connectivity index is 1.52. The maximum atomic E-state index is 12.6. The molecule has 0 saturated carbocycles. The fraction of sp³-hybridized carbons (Fsp3) is 0.435. The number of likely N-dealkylation sites (N-methyl/N-ethyl adjacent to an activating group) is 1. The van der Waals surface area contributed by atoms with Crippen molar-refractivity contribution in [2.75, 3.05) is 51.3 Å². The first kappa shape index (κ1) is 19.0. The Kier molecular flexibility index (Phi) is 5.64. The molecule has 2 aromatic rings. The van der Waals surface area contributed by atoms with E-state index in [2.05, 4.69) is 40.4 Å². The van der Waals surface area contributed by atoms with Crippen molar-refractivity contribution in [3.8, 4) is 0 Å². The lowest BCUT2D eigenvalue weighted by Gasteiger charge is -2.35. The minimum Gasteiger partial charge on any atom is -0.379 e. The van der Waals surface area contributed by atoms with Crippen molar-refractivity contribution in [3.63, 3.8) is 0 Å². The van der Waals surface area contributed by atoms with Crippen LogP contribution in [-0.2, 0) is 11.2 Å². The third-order valence-electron chi connectivity index (χ3n) is 5.87. The first-order chi connectivity index (χ1) is 13.6. The SMILES string of the molecule is Cc1ccc(C(=O)NCC(c2ccc3c(c2)CCN3C)N2CCOCC2)cc1. The number of morpholine rings is 1. The zero-order valence-corrected chi connectivity index (χ0v) is 16.8. The lowest BCUT2D eigenvalue weighted by Crippen LogP contribution is -2.43. The monoisotopic (exact) mass is 379 g/mol. The topological polar surface area (TPSA) is 44.8 Å². The van der Waals surface area contributed by atoms with Gasteiger partial charge in [-0.3, -0.25) is 9.69 Å². The zero-order chi connectivity index (χ0) is 19.5. The van der Waals surface area contributed by atoms with Crippen LogP contribution in [0.15, 0.2) is 42.5 Å². The molecule has 1 unspecified atom stereocenters. The molecule has 1 amide bonds. The van der Waals surface area contributed by atoms with E-state index in [4.69, 9.17) is 4.74 Å². The average molecular weight is 380 g/mol. The lowest BCUT2D eigenvalue weighted by molar-refractivity contribution is 0.0162. The minimum atomic E-state index is -0.0147. The number of nitrogens with zero attached hydrogens (tertiary/aromatic N) is 2. The van der Waals surface area contributed by atoms with Gasteiger partial charge in [0.05, 0.1) is 19.3 Å². The van der Waals surface area contributed by atoms with Crippen LogP contribution in [-0.4, -0.2) is 57.2 Å². The second-order valence-corrected chi connectivity index (χ2v) is 7.80. The molecule has 2 aliphatic rings. The van der Waals surface area contributed by atoms with Gasteiger partial charge in [-0.25, -0.2) is 0 Å². The van der Waals surface area contributed by atoms with Crippen LogP contribution < -0.4 is 10.2 Å². The molecule has 1 saturated heterocycles. The van der Waals surface area contributed by atoms with Gasteiger partial charge in [0.25, 0.3) is 5.91 Å². The molecule has 148 valence electrons. The van der Waals surface area contributed by atoms with Crippen LogP contribution in [0, 0.1) is 6.92 Å². The molecule has 0 aliphatic carbocycles. The smallest absolute Gasteiger partial charge is 0.251 e. The molecule has 2 heterocycles.